The maximum Gasteiger partial charge on any atom is 0.202 e. The zero-order valence-electron chi connectivity index (χ0n) is 6.25. The molecule has 3 nitrogen and oxygen atoms in total. The molecule has 1 atom stereocenters. The van der Waals surface area contributed by atoms with Gasteiger partial charge in [0.1, 0.15) is 6.33 Å². The zero-order valence-corrected chi connectivity index (χ0v) is 7.82. The first-order valence-electron chi connectivity index (χ1n) is 3.39. The van der Waals surface area contributed by atoms with E-state index in [1.54, 1.807) is 6.33 Å². The molecule has 0 fully saturated rings. The van der Waals surface area contributed by atoms with Gasteiger partial charge in [-0.3, -0.25) is 0 Å². The predicted octanol–water partition coefficient (Wildman–Crippen LogP) is 1.82. The lowest BCUT2D eigenvalue weighted by atomic mass is 10.2. The molecule has 1 unspecified atom stereocenters. The third-order valence-electron chi connectivity index (χ3n) is 1.23. The molecule has 0 aromatic carbocycles. The summed E-state index contributed by atoms with van der Waals surface area (Å²) in [5, 5.41) is 4.00. The molecule has 0 saturated heterocycles. The molecule has 0 radical (unpaired) electrons. The van der Waals surface area contributed by atoms with Gasteiger partial charge < -0.3 is 5.32 Å². The molecule has 5 heteroatoms. The molecule has 0 saturated carbocycles. The standard InChI is InChI=1S/C6H10ClN3S/c1-5(2-7)3-8-6-9-4-10-11-6/h4-5H,2-3H2,1H3,(H,8,9,10). The van der Waals surface area contributed by atoms with Crippen LogP contribution in [0, 0.1) is 5.92 Å². The van der Waals surface area contributed by atoms with E-state index in [-0.39, 0.29) is 0 Å². The minimum absolute atomic E-state index is 0.473. The smallest absolute Gasteiger partial charge is 0.202 e. The van der Waals surface area contributed by atoms with Crippen molar-refractivity contribution in [2.45, 2.75) is 6.92 Å². The van der Waals surface area contributed by atoms with E-state index in [0.29, 0.717) is 11.8 Å². The molecule has 1 rings (SSSR count). The molecule has 1 aromatic rings. The second kappa shape index (κ2) is 4.51. The lowest BCUT2D eigenvalue weighted by Gasteiger charge is -2.06. The van der Waals surface area contributed by atoms with Gasteiger partial charge in [0.2, 0.25) is 5.13 Å². The highest BCUT2D eigenvalue weighted by atomic mass is 35.5. The highest BCUT2D eigenvalue weighted by molar-refractivity contribution is 7.09. The Morgan fingerprint density at radius 2 is 2.64 bits per heavy atom. The van der Waals surface area contributed by atoms with E-state index in [9.17, 15) is 0 Å². The fraction of sp³-hybridized carbons (Fsp3) is 0.667. The maximum atomic E-state index is 5.62. The van der Waals surface area contributed by atoms with Gasteiger partial charge in [-0.15, -0.1) is 11.6 Å². The number of aromatic nitrogens is 2. The number of nitrogens with zero attached hydrogens (tertiary/aromatic N) is 2. The van der Waals surface area contributed by atoms with Crippen LogP contribution in [0.15, 0.2) is 6.33 Å². The van der Waals surface area contributed by atoms with E-state index in [1.807, 2.05) is 0 Å². The van der Waals surface area contributed by atoms with Gasteiger partial charge in [0.05, 0.1) is 0 Å². The second-order valence-corrected chi connectivity index (χ2v) is 3.48. The van der Waals surface area contributed by atoms with Crippen LogP contribution in [0.1, 0.15) is 6.92 Å². The summed E-state index contributed by atoms with van der Waals surface area (Å²) >= 11 is 6.98. The van der Waals surface area contributed by atoms with Crippen molar-refractivity contribution < 1.29 is 0 Å². The van der Waals surface area contributed by atoms with E-state index in [0.717, 1.165) is 11.7 Å². The Morgan fingerprint density at radius 1 is 1.82 bits per heavy atom. The monoisotopic (exact) mass is 191 g/mol. The molecule has 1 N–H and O–H groups in total. The van der Waals surface area contributed by atoms with Crippen molar-refractivity contribution >= 4 is 28.3 Å². The molecular formula is C6H10ClN3S. The number of rotatable bonds is 4. The van der Waals surface area contributed by atoms with Gasteiger partial charge >= 0.3 is 0 Å². The number of anilines is 1. The topological polar surface area (TPSA) is 37.8 Å². The van der Waals surface area contributed by atoms with Crippen LogP contribution in [-0.4, -0.2) is 21.8 Å². The van der Waals surface area contributed by atoms with Crippen LogP contribution in [0.5, 0.6) is 0 Å². The Balaban J connectivity index is 2.23. The largest absolute Gasteiger partial charge is 0.360 e. The van der Waals surface area contributed by atoms with Gasteiger partial charge in [0.25, 0.3) is 0 Å². The molecule has 1 heterocycles. The van der Waals surface area contributed by atoms with Gasteiger partial charge in [-0.05, 0) is 5.92 Å². The normalized spacial score (nSPS) is 12.9. The number of halogens is 1. The number of nitrogens with one attached hydrogen (secondary N) is 1. The van der Waals surface area contributed by atoms with Crippen LogP contribution >= 0.6 is 23.1 Å². The lowest BCUT2D eigenvalue weighted by molar-refractivity contribution is 0.696. The number of alkyl halides is 1. The molecule has 0 spiro atoms. The summed E-state index contributed by atoms with van der Waals surface area (Å²) in [5.41, 5.74) is 0. The van der Waals surface area contributed by atoms with E-state index >= 15 is 0 Å². The second-order valence-electron chi connectivity index (χ2n) is 2.39. The Morgan fingerprint density at radius 3 is 3.18 bits per heavy atom. The van der Waals surface area contributed by atoms with Crippen molar-refractivity contribution in [1.29, 1.82) is 0 Å². The van der Waals surface area contributed by atoms with Crippen molar-refractivity contribution in [2.75, 3.05) is 17.7 Å². The number of hydrogen-bond donors (Lipinski definition) is 1. The Kier molecular flexibility index (Phi) is 3.59. The van der Waals surface area contributed by atoms with Crippen molar-refractivity contribution in [2.24, 2.45) is 5.92 Å². The van der Waals surface area contributed by atoms with Crippen molar-refractivity contribution in [3.8, 4) is 0 Å². The summed E-state index contributed by atoms with van der Waals surface area (Å²) in [7, 11) is 0. The minimum atomic E-state index is 0.473. The molecule has 62 valence electrons. The molecule has 0 amide bonds. The Labute approximate surface area is 75.0 Å². The molecule has 11 heavy (non-hydrogen) atoms. The predicted molar refractivity (Wildman–Crippen MR) is 48.3 cm³/mol. The Hall–Kier alpha value is -0.350. The van der Waals surface area contributed by atoms with Crippen LogP contribution in [0.2, 0.25) is 0 Å². The summed E-state index contributed by atoms with van der Waals surface area (Å²) in [6.07, 6.45) is 1.54. The van der Waals surface area contributed by atoms with Gasteiger partial charge in [-0.1, -0.05) is 6.92 Å². The fourth-order valence-corrected chi connectivity index (χ4v) is 1.11. The summed E-state index contributed by atoms with van der Waals surface area (Å²) in [5.74, 6) is 1.15. The van der Waals surface area contributed by atoms with E-state index < -0.39 is 0 Å². The first-order chi connectivity index (χ1) is 5.33. The van der Waals surface area contributed by atoms with Crippen LogP contribution < -0.4 is 5.32 Å². The Bertz CT molecular complexity index is 190. The van der Waals surface area contributed by atoms with E-state index in [1.165, 1.54) is 11.5 Å². The van der Waals surface area contributed by atoms with Crippen molar-refractivity contribution in [3.05, 3.63) is 6.33 Å². The quantitative estimate of drug-likeness (QED) is 0.738. The average Bonchev–Trinajstić information content (AvgIpc) is 2.52. The van der Waals surface area contributed by atoms with Crippen LogP contribution in [-0.2, 0) is 0 Å². The summed E-state index contributed by atoms with van der Waals surface area (Å²) in [6.45, 7) is 2.94. The number of hydrogen-bond acceptors (Lipinski definition) is 4. The lowest BCUT2D eigenvalue weighted by Crippen LogP contribution is -2.11. The average molecular weight is 192 g/mol. The molecule has 1 aromatic heterocycles. The van der Waals surface area contributed by atoms with Gasteiger partial charge in [-0.2, -0.15) is 4.37 Å². The molecular weight excluding hydrogens is 182 g/mol. The van der Waals surface area contributed by atoms with Gasteiger partial charge in [-0.25, -0.2) is 4.98 Å². The maximum absolute atomic E-state index is 5.62. The van der Waals surface area contributed by atoms with Crippen LogP contribution in [0.25, 0.3) is 0 Å². The highest BCUT2D eigenvalue weighted by Gasteiger charge is 2.00. The molecule has 0 aliphatic rings. The summed E-state index contributed by atoms with van der Waals surface area (Å²) < 4.78 is 3.86. The van der Waals surface area contributed by atoms with Gasteiger partial charge in [0.15, 0.2) is 0 Å². The van der Waals surface area contributed by atoms with Crippen LogP contribution in [0.4, 0.5) is 5.13 Å². The molecule has 0 bridgehead atoms. The third-order valence-corrected chi connectivity index (χ3v) is 2.38. The summed E-state index contributed by atoms with van der Waals surface area (Å²) in [4.78, 5) is 3.98. The fourth-order valence-electron chi connectivity index (χ4n) is 0.567. The molecule has 0 aliphatic heterocycles. The first-order valence-corrected chi connectivity index (χ1v) is 4.70. The van der Waals surface area contributed by atoms with E-state index in [4.69, 9.17) is 11.6 Å². The zero-order chi connectivity index (χ0) is 8.10. The highest BCUT2D eigenvalue weighted by Crippen LogP contribution is 2.07. The summed E-state index contributed by atoms with van der Waals surface area (Å²) in [6, 6.07) is 0. The van der Waals surface area contributed by atoms with Crippen molar-refractivity contribution in [1.82, 2.24) is 9.36 Å². The third kappa shape index (κ3) is 3.03. The van der Waals surface area contributed by atoms with E-state index in [2.05, 4.69) is 21.6 Å². The minimum Gasteiger partial charge on any atom is -0.360 e. The van der Waals surface area contributed by atoms with Gasteiger partial charge in [0, 0.05) is 24.0 Å². The molecule has 0 aliphatic carbocycles. The van der Waals surface area contributed by atoms with Crippen molar-refractivity contribution in [3.63, 3.8) is 0 Å². The SMILES string of the molecule is CC(CCl)CNc1ncns1. The van der Waals surface area contributed by atoms with Crippen LogP contribution in [0.3, 0.4) is 0 Å². The first kappa shape index (κ1) is 8.74.